The number of carbonyl (C=O) groups is 1. The number of ether oxygens (including phenoxy) is 1. The first-order valence-electron chi connectivity index (χ1n) is 6.33. The van der Waals surface area contributed by atoms with E-state index < -0.39 is 5.60 Å². The minimum absolute atomic E-state index is 0.0323. The summed E-state index contributed by atoms with van der Waals surface area (Å²) in [7, 11) is 1.59. The number of nitrogens with zero attached hydrogens (tertiary/aromatic N) is 3. The number of benzene rings is 1. The number of hydrogen-bond acceptors (Lipinski definition) is 4. The van der Waals surface area contributed by atoms with Gasteiger partial charge in [0.2, 0.25) is 5.78 Å². The van der Waals surface area contributed by atoms with Crippen molar-refractivity contribution in [1.29, 1.82) is 0 Å². The summed E-state index contributed by atoms with van der Waals surface area (Å²) in [5.74, 6) is -0.0323. The van der Waals surface area contributed by atoms with Gasteiger partial charge in [-0.25, -0.2) is 4.68 Å². The third-order valence-electron chi connectivity index (χ3n) is 3.75. The Morgan fingerprint density at radius 3 is 2.63 bits per heavy atom. The zero-order valence-corrected chi connectivity index (χ0v) is 10.7. The summed E-state index contributed by atoms with van der Waals surface area (Å²) >= 11 is 0. The molecule has 1 aromatic carbocycles. The summed E-state index contributed by atoms with van der Waals surface area (Å²) in [6.45, 7) is 0. The minimum Gasteiger partial charge on any atom is -0.370 e. The molecular formula is C14H15N3O2. The van der Waals surface area contributed by atoms with Gasteiger partial charge in [-0.1, -0.05) is 23.4 Å². The van der Waals surface area contributed by atoms with Crippen molar-refractivity contribution in [3.05, 3.63) is 42.2 Å². The highest BCUT2D eigenvalue weighted by Gasteiger charge is 2.46. The van der Waals surface area contributed by atoms with Crippen LogP contribution in [0, 0.1) is 0 Å². The topological polar surface area (TPSA) is 57.0 Å². The zero-order valence-electron chi connectivity index (χ0n) is 10.7. The van der Waals surface area contributed by atoms with Crippen molar-refractivity contribution in [2.24, 2.45) is 0 Å². The largest absolute Gasteiger partial charge is 0.370 e. The number of Topliss-reactive ketones (excluding diaryl/α,β-unsaturated/α-hetero) is 1. The second kappa shape index (κ2) is 4.59. The first-order chi connectivity index (χ1) is 9.27. The van der Waals surface area contributed by atoms with E-state index in [1.807, 2.05) is 30.3 Å². The summed E-state index contributed by atoms with van der Waals surface area (Å²) in [6.07, 6.45) is 4.06. The maximum absolute atomic E-state index is 12.6. The molecule has 1 fully saturated rings. The fourth-order valence-electron chi connectivity index (χ4n) is 2.40. The molecule has 1 aliphatic carbocycles. The lowest BCUT2D eigenvalue weighted by Crippen LogP contribution is -2.47. The Morgan fingerprint density at radius 1 is 1.32 bits per heavy atom. The van der Waals surface area contributed by atoms with Crippen LogP contribution in [-0.4, -0.2) is 33.5 Å². The summed E-state index contributed by atoms with van der Waals surface area (Å²) in [5, 5.41) is 7.87. The molecule has 19 heavy (non-hydrogen) atoms. The number of methoxy groups -OCH3 is 1. The van der Waals surface area contributed by atoms with E-state index in [-0.39, 0.29) is 5.78 Å². The third kappa shape index (κ3) is 1.86. The predicted octanol–water partition coefficient (Wildman–Crippen LogP) is 2.02. The molecule has 0 radical (unpaired) electrons. The van der Waals surface area contributed by atoms with Gasteiger partial charge < -0.3 is 4.74 Å². The molecule has 3 rings (SSSR count). The zero-order chi connectivity index (χ0) is 13.3. The Hall–Kier alpha value is -2.01. The van der Waals surface area contributed by atoms with Gasteiger partial charge in [-0.05, 0) is 31.4 Å². The van der Waals surface area contributed by atoms with Crippen molar-refractivity contribution < 1.29 is 9.53 Å². The van der Waals surface area contributed by atoms with Crippen LogP contribution in [0.2, 0.25) is 0 Å². The molecule has 1 aromatic heterocycles. The predicted molar refractivity (Wildman–Crippen MR) is 69.3 cm³/mol. The summed E-state index contributed by atoms with van der Waals surface area (Å²) in [6, 6.07) is 9.52. The second-order valence-corrected chi connectivity index (χ2v) is 4.75. The molecule has 1 heterocycles. The fraction of sp³-hybridized carbons (Fsp3) is 0.357. The van der Waals surface area contributed by atoms with Crippen molar-refractivity contribution in [2.75, 3.05) is 7.11 Å². The standard InChI is InChI=1S/C14H15N3O2/c1-19-14(8-5-9-14)13(18)12-10-15-16-17(12)11-6-3-2-4-7-11/h2-4,6-7,10H,5,8-9H2,1H3. The molecule has 0 aliphatic heterocycles. The highest BCUT2D eigenvalue weighted by Crippen LogP contribution is 2.37. The van der Waals surface area contributed by atoms with Crippen molar-refractivity contribution in [3.63, 3.8) is 0 Å². The highest BCUT2D eigenvalue weighted by atomic mass is 16.5. The number of hydrogen-bond donors (Lipinski definition) is 0. The molecule has 0 bridgehead atoms. The maximum atomic E-state index is 12.6. The van der Waals surface area contributed by atoms with Gasteiger partial charge in [0.1, 0.15) is 11.3 Å². The van der Waals surface area contributed by atoms with E-state index in [2.05, 4.69) is 10.3 Å². The van der Waals surface area contributed by atoms with Crippen molar-refractivity contribution in [2.45, 2.75) is 24.9 Å². The molecule has 1 aliphatic rings. The van der Waals surface area contributed by atoms with Crippen LogP contribution in [0.3, 0.4) is 0 Å². The SMILES string of the molecule is COC1(C(=O)c2cnnn2-c2ccccc2)CCC1. The van der Waals surface area contributed by atoms with Crippen LogP contribution in [0.1, 0.15) is 29.8 Å². The van der Waals surface area contributed by atoms with E-state index in [1.165, 1.54) is 6.20 Å². The van der Waals surface area contributed by atoms with E-state index in [4.69, 9.17) is 4.74 Å². The normalized spacial score (nSPS) is 16.9. The van der Waals surface area contributed by atoms with E-state index in [0.717, 1.165) is 24.9 Å². The monoisotopic (exact) mass is 257 g/mol. The van der Waals surface area contributed by atoms with Crippen molar-refractivity contribution in [1.82, 2.24) is 15.0 Å². The van der Waals surface area contributed by atoms with Gasteiger partial charge in [-0.2, -0.15) is 0 Å². The molecule has 0 amide bonds. The second-order valence-electron chi connectivity index (χ2n) is 4.75. The Morgan fingerprint density at radius 2 is 2.05 bits per heavy atom. The molecule has 0 unspecified atom stereocenters. The molecule has 2 aromatic rings. The average molecular weight is 257 g/mol. The molecule has 1 saturated carbocycles. The van der Waals surface area contributed by atoms with Crippen LogP contribution >= 0.6 is 0 Å². The molecule has 0 atom stereocenters. The number of para-hydroxylation sites is 1. The minimum atomic E-state index is -0.672. The smallest absolute Gasteiger partial charge is 0.214 e. The fourth-order valence-corrected chi connectivity index (χ4v) is 2.40. The van der Waals surface area contributed by atoms with Gasteiger partial charge in [0, 0.05) is 7.11 Å². The van der Waals surface area contributed by atoms with Crippen LogP contribution < -0.4 is 0 Å². The third-order valence-corrected chi connectivity index (χ3v) is 3.75. The Bertz CT molecular complexity index is 582. The van der Waals surface area contributed by atoms with Crippen LogP contribution in [-0.2, 0) is 4.74 Å². The Kier molecular flexibility index (Phi) is 2.91. The summed E-state index contributed by atoms with van der Waals surface area (Å²) in [4.78, 5) is 12.6. The van der Waals surface area contributed by atoms with Crippen molar-refractivity contribution >= 4 is 5.78 Å². The molecule has 98 valence electrons. The lowest BCUT2D eigenvalue weighted by Gasteiger charge is -2.38. The highest BCUT2D eigenvalue weighted by molar-refractivity contribution is 6.02. The van der Waals surface area contributed by atoms with Crippen LogP contribution in [0.5, 0.6) is 0 Å². The summed E-state index contributed by atoms with van der Waals surface area (Å²) in [5.41, 5.74) is 0.635. The summed E-state index contributed by atoms with van der Waals surface area (Å²) < 4.78 is 7.00. The Balaban J connectivity index is 1.99. The van der Waals surface area contributed by atoms with E-state index in [1.54, 1.807) is 11.8 Å². The number of ketones is 1. The molecule has 5 heteroatoms. The van der Waals surface area contributed by atoms with Crippen LogP contribution in [0.4, 0.5) is 0 Å². The Labute approximate surface area is 111 Å². The molecule has 0 spiro atoms. The number of aromatic nitrogens is 3. The maximum Gasteiger partial charge on any atom is 0.214 e. The van der Waals surface area contributed by atoms with Crippen LogP contribution in [0.25, 0.3) is 5.69 Å². The van der Waals surface area contributed by atoms with Gasteiger partial charge in [-0.3, -0.25) is 4.79 Å². The molecular weight excluding hydrogens is 242 g/mol. The van der Waals surface area contributed by atoms with E-state index in [9.17, 15) is 4.79 Å². The molecule has 0 saturated heterocycles. The van der Waals surface area contributed by atoms with Gasteiger partial charge >= 0.3 is 0 Å². The molecule has 5 nitrogen and oxygen atoms in total. The molecule has 0 N–H and O–H groups in total. The van der Waals surface area contributed by atoms with Crippen molar-refractivity contribution in [3.8, 4) is 5.69 Å². The quantitative estimate of drug-likeness (QED) is 0.786. The van der Waals surface area contributed by atoms with Gasteiger partial charge in [0.15, 0.2) is 0 Å². The van der Waals surface area contributed by atoms with Crippen LogP contribution in [0.15, 0.2) is 36.5 Å². The van der Waals surface area contributed by atoms with E-state index >= 15 is 0 Å². The first-order valence-corrected chi connectivity index (χ1v) is 6.33. The van der Waals surface area contributed by atoms with Gasteiger partial charge in [0.05, 0.1) is 11.9 Å². The first kappa shape index (κ1) is 12.0. The van der Waals surface area contributed by atoms with Gasteiger partial charge in [-0.15, -0.1) is 5.10 Å². The lowest BCUT2D eigenvalue weighted by molar-refractivity contribution is -0.0453. The number of carbonyl (C=O) groups excluding carboxylic acids is 1. The van der Waals surface area contributed by atoms with Gasteiger partial charge in [0.25, 0.3) is 0 Å². The number of rotatable bonds is 4. The average Bonchev–Trinajstić information content (AvgIpc) is 2.88. The van der Waals surface area contributed by atoms with E-state index in [0.29, 0.717) is 5.69 Å². The lowest BCUT2D eigenvalue weighted by atomic mass is 9.76.